The monoisotopic (exact) mass is 189 g/mol. The third-order valence-electron chi connectivity index (χ3n) is 1.98. The molecule has 0 aromatic rings. The number of carbonyl (C=O) groups excluding carboxylic acids is 1. The van der Waals surface area contributed by atoms with Gasteiger partial charge in [0.05, 0.1) is 13.7 Å². The van der Waals surface area contributed by atoms with E-state index in [-0.39, 0.29) is 5.97 Å². The van der Waals surface area contributed by atoms with Crippen molar-refractivity contribution in [3.8, 4) is 0 Å². The molecule has 0 bridgehead atoms. The van der Waals surface area contributed by atoms with Gasteiger partial charge in [0, 0.05) is 6.04 Å². The Bertz CT molecular complexity index is 146. The molecule has 0 radical (unpaired) electrons. The second-order valence-corrected chi connectivity index (χ2v) is 4.07. The first-order valence-electron chi connectivity index (χ1n) is 4.21. The summed E-state index contributed by atoms with van der Waals surface area (Å²) in [6.07, 6.45) is 2.34. The van der Waals surface area contributed by atoms with E-state index in [1.807, 2.05) is 11.8 Å². The number of thioether (sulfide) groups is 1. The summed E-state index contributed by atoms with van der Waals surface area (Å²) in [4.78, 5) is 10.8. The highest BCUT2D eigenvalue weighted by Gasteiger charge is 2.13. The van der Waals surface area contributed by atoms with Crippen LogP contribution in [0.3, 0.4) is 0 Å². The Labute approximate surface area is 77.2 Å². The molecule has 1 aliphatic rings. The zero-order valence-electron chi connectivity index (χ0n) is 7.34. The normalized spacial score (nSPS) is 19.1. The number of methoxy groups -OCH3 is 1. The van der Waals surface area contributed by atoms with Gasteiger partial charge in [0.2, 0.25) is 0 Å². The molecule has 3 nitrogen and oxygen atoms in total. The third-order valence-corrected chi connectivity index (χ3v) is 3.03. The second kappa shape index (κ2) is 5.43. The van der Waals surface area contributed by atoms with Crippen LogP contribution in [0.4, 0.5) is 0 Å². The molecule has 1 N–H and O–H groups in total. The molecule has 0 aliphatic carbocycles. The number of rotatable bonds is 3. The summed E-state index contributed by atoms with van der Waals surface area (Å²) in [6.45, 7) is 0.353. The lowest BCUT2D eigenvalue weighted by Gasteiger charge is -2.21. The van der Waals surface area contributed by atoms with Crippen molar-refractivity contribution in [1.82, 2.24) is 5.32 Å². The zero-order chi connectivity index (χ0) is 8.81. The van der Waals surface area contributed by atoms with Gasteiger partial charge in [-0.05, 0) is 24.3 Å². The van der Waals surface area contributed by atoms with Gasteiger partial charge in [0.25, 0.3) is 0 Å². The highest BCUT2D eigenvalue weighted by atomic mass is 32.2. The molecule has 0 atom stereocenters. The van der Waals surface area contributed by atoms with Crippen molar-refractivity contribution >= 4 is 17.7 Å². The van der Waals surface area contributed by atoms with Gasteiger partial charge in [0.15, 0.2) is 0 Å². The van der Waals surface area contributed by atoms with Gasteiger partial charge in [0.1, 0.15) is 0 Å². The lowest BCUT2D eigenvalue weighted by atomic mass is 10.1. The number of nitrogens with one attached hydrogen (secondary N) is 1. The Morgan fingerprint density at radius 3 is 2.83 bits per heavy atom. The summed E-state index contributed by atoms with van der Waals surface area (Å²) < 4.78 is 4.53. The average molecular weight is 189 g/mol. The van der Waals surface area contributed by atoms with Gasteiger partial charge >= 0.3 is 5.97 Å². The van der Waals surface area contributed by atoms with Crippen LogP contribution in [0.2, 0.25) is 0 Å². The molecule has 1 heterocycles. The van der Waals surface area contributed by atoms with E-state index in [2.05, 4.69) is 10.1 Å². The maximum absolute atomic E-state index is 10.8. The zero-order valence-corrected chi connectivity index (χ0v) is 8.15. The molecule has 0 unspecified atom stereocenters. The summed E-state index contributed by atoms with van der Waals surface area (Å²) in [5.74, 6) is 2.24. The molecular weight excluding hydrogens is 174 g/mol. The van der Waals surface area contributed by atoms with Crippen LogP contribution in [0.5, 0.6) is 0 Å². The molecule has 0 spiro atoms. The lowest BCUT2D eigenvalue weighted by Crippen LogP contribution is -2.36. The Kier molecular flexibility index (Phi) is 4.46. The molecular formula is C8H15NO2S. The molecule has 0 aromatic heterocycles. The van der Waals surface area contributed by atoms with E-state index in [0.717, 1.165) is 0 Å². The maximum Gasteiger partial charge on any atom is 0.319 e. The Balaban J connectivity index is 2.09. The summed E-state index contributed by atoms with van der Waals surface area (Å²) in [6, 6.07) is 0.519. The van der Waals surface area contributed by atoms with Crippen LogP contribution in [0.1, 0.15) is 12.8 Å². The largest absolute Gasteiger partial charge is 0.468 e. The Morgan fingerprint density at radius 2 is 2.25 bits per heavy atom. The smallest absolute Gasteiger partial charge is 0.319 e. The lowest BCUT2D eigenvalue weighted by molar-refractivity contribution is -0.139. The van der Waals surface area contributed by atoms with Gasteiger partial charge in [-0.1, -0.05) is 0 Å². The summed E-state index contributed by atoms with van der Waals surface area (Å²) in [7, 11) is 1.42. The molecule has 0 aromatic carbocycles. The molecule has 12 heavy (non-hydrogen) atoms. The van der Waals surface area contributed by atoms with Crippen molar-refractivity contribution in [3.63, 3.8) is 0 Å². The van der Waals surface area contributed by atoms with Crippen LogP contribution in [0, 0.1) is 0 Å². The number of esters is 1. The molecule has 1 fully saturated rings. The highest BCUT2D eigenvalue weighted by Crippen LogP contribution is 2.16. The second-order valence-electron chi connectivity index (χ2n) is 2.84. The first-order valence-corrected chi connectivity index (χ1v) is 5.36. The minimum atomic E-state index is -0.173. The standard InChI is InChI=1S/C8H15NO2S/c1-11-8(10)6-9-7-2-4-12-5-3-7/h7,9H,2-6H2,1H3. The topological polar surface area (TPSA) is 38.3 Å². The van der Waals surface area contributed by atoms with Crippen molar-refractivity contribution < 1.29 is 9.53 Å². The van der Waals surface area contributed by atoms with E-state index in [1.165, 1.54) is 31.5 Å². The number of hydrogen-bond donors (Lipinski definition) is 1. The molecule has 0 saturated carbocycles. The number of hydrogen-bond acceptors (Lipinski definition) is 4. The van der Waals surface area contributed by atoms with Gasteiger partial charge in [-0.2, -0.15) is 11.8 Å². The summed E-state index contributed by atoms with van der Waals surface area (Å²) in [5, 5.41) is 3.18. The number of carbonyl (C=O) groups is 1. The van der Waals surface area contributed by atoms with Crippen molar-refractivity contribution in [1.29, 1.82) is 0 Å². The Hall–Kier alpha value is -0.220. The van der Waals surface area contributed by atoms with E-state index in [4.69, 9.17) is 0 Å². The van der Waals surface area contributed by atoms with Gasteiger partial charge in [-0.15, -0.1) is 0 Å². The van der Waals surface area contributed by atoms with Crippen molar-refractivity contribution in [2.75, 3.05) is 25.2 Å². The van der Waals surface area contributed by atoms with Crippen LogP contribution in [0.15, 0.2) is 0 Å². The van der Waals surface area contributed by atoms with Gasteiger partial charge < -0.3 is 10.1 Å². The molecule has 70 valence electrons. The van der Waals surface area contributed by atoms with E-state index in [1.54, 1.807) is 0 Å². The van der Waals surface area contributed by atoms with E-state index < -0.39 is 0 Å². The SMILES string of the molecule is COC(=O)CNC1CCSCC1. The van der Waals surface area contributed by atoms with Crippen LogP contribution in [0.25, 0.3) is 0 Å². The summed E-state index contributed by atoms with van der Waals surface area (Å²) in [5.41, 5.74) is 0. The minimum Gasteiger partial charge on any atom is -0.468 e. The van der Waals surface area contributed by atoms with Crippen LogP contribution in [-0.2, 0) is 9.53 Å². The fourth-order valence-corrected chi connectivity index (χ4v) is 2.31. The number of ether oxygens (including phenoxy) is 1. The van der Waals surface area contributed by atoms with E-state index in [9.17, 15) is 4.79 Å². The average Bonchev–Trinajstić information content (AvgIpc) is 2.16. The first kappa shape index (κ1) is 9.86. The fraction of sp³-hybridized carbons (Fsp3) is 0.875. The van der Waals surface area contributed by atoms with Crippen molar-refractivity contribution in [3.05, 3.63) is 0 Å². The van der Waals surface area contributed by atoms with Crippen molar-refractivity contribution in [2.45, 2.75) is 18.9 Å². The van der Waals surface area contributed by atoms with Crippen LogP contribution < -0.4 is 5.32 Å². The van der Waals surface area contributed by atoms with Crippen LogP contribution in [-0.4, -0.2) is 37.2 Å². The fourth-order valence-electron chi connectivity index (χ4n) is 1.20. The molecule has 1 saturated heterocycles. The molecule has 0 amide bonds. The quantitative estimate of drug-likeness (QED) is 0.661. The van der Waals surface area contributed by atoms with E-state index >= 15 is 0 Å². The highest BCUT2D eigenvalue weighted by molar-refractivity contribution is 7.99. The first-order chi connectivity index (χ1) is 5.83. The maximum atomic E-state index is 10.8. The summed E-state index contributed by atoms with van der Waals surface area (Å²) >= 11 is 1.98. The van der Waals surface area contributed by atoms with E-state index in [0.29, 0.717) is 12.6 Å². The molecule has 1 rings (SSSR count). The van der Waals surface area contributed by atoms with Gasteiger partial charge in [-0.3, -0.25) is 4.79 Å². The Morgan fingerprint density at radius 1 is 1.58 bits per heavy atom. The predicted octanol–water partition coefficient (Wildman–Crippen LogP) is 0.645. The molecule has 1 aliphatic heterocycles. The third kappa shape index (κ3) is 3.45. The van der Waals surface area contributed by atoms with Crippen LogP contribution >= 0.6 is 11.8 Å². The van der Waals surface area contributed by atoms with Gasteiger partial charge in [-0.25, -0.2) is 0 Å². The minimum absolute atomic E-state index is 0.173. The van der Waals surface area contributed by atoms with Crippen molar-refractivity contribution in [2.24, 2.45) is 0 Å². The predicted molar refractivity (Wildman–Crippen MR) is 50.4 cm³/mol. The molecule has 4 heteroatoms.